The summed E-state index contributed by atoms with van der Waals surface area (Å²) in [6, 6.07) is 5.86. The fraction of sp³-hybridized carbons (Fsp3) is 0.111. The number of para-hydroxylation sites is 1. The first-order valence-corrected chi connectivity index (χ1v) is 5.30. The average molecular weight is 231 g/mol. The van der Waals surface area contributed by atoms with Crippen molar-refractivity contribution in [3.8, 4) is 5.75 Å². The molecule has 1 aromatic carbocycles. The summed E-state index contributed by atoms with van der Waals surface area (Å²) in [6.45, 7) is 3.62. The van der Waals surface area contributed by atoms with E-state index in [0.29, 0.717) is 0 Å². The van der Waals surface area contributed by atoms with Crippen molar-refractivity contribution in [1.82, 2.24) is 6.15 Å². The fourth-order valence-electron chi connectivity index (χ4n) is 0.931. The molecule has 0 aliphatic rings. The zero-order valence-electron chi connectivity index (χ0n) is 8.09. The van der Waals surface area contributed by atoms with Crippen LogP contribution in [0, 0.1) is 0 Å². The van der Waals surface area contributed by atoms with Crippen molar-refractivity contribution in [1.29, 1.82) is 0 Å². The second-order valence-electron chi connectivity index (χ2n) is 2.52. The Morgan fingerprint density at radius 1 is 1.40 bits per heavy atom. The third-order valence-corrected chi connectivity index (χ3v) is 2.38. The van der Waals surface area contributed by atoms with Crippen molar-refractivity contribution in [2.75, 3.05) is 6.61 Å². The second kappa shape index (κ2) is 5.50. The molecule has 0 atom stereocenters. The Morgan fingerprint density at radius 3 is 2.53 bits per heavy atom. The summed E-state index contributed by atoms with van der Waals surface area (Å²) in [4.78, 5) is -0.234. The van der Waals surface area contributed by atoms with Crippen LogP contribution in [0.15, 0.2) is 41.8 Å². The Balaban J connectivity index is 0.00000196. The lowest BCUT2D eigenvalue weighted by molar-refractivity contribution is 0.351. The molecule has 0 fully saturated rings. The van der Waals surface area contributed by atoms with Crippen molar-refractivity contribution < 1.29 is 17.7 Å². The molecule has 5 nitrogen and oxygen atoms in total. The number of rotatable bonds is 4. The molecule has 0 amide bonds. The van der Waals surface area contributed by atoms with Crippen LogP contribution >= 0.6 is 0 Å². The van der Waals surface area contributed by atoms with E-state index in [-0.39, 0.29) is 23.4 Å². The Labute approximate surface area is 88.7 Å². The molecular formula is C9H13NO4S. The summed E-state index contributed by atoms with van der Waals surface area (Å²) >= 11 is 0. The van der Waals surface area contributed by atoms with Gasteiger partial charge in [-0.15, -0.1) is 0 Å². The van der Waals surface area contributed by atoms with Crippen LogP contribution in [-0.4, -0.2) is 19.6 Å². The van der Waals surface area contributed by atoms with Crippen LogP contribution < -0.4 is 10.9 Å². The number of benzene rings is 1. The van der Waals surface area contributed by atoms with E-state index in [2.05, 4.69) is 6.58 Å². The van der Waals surface area contributed by atoms with E-state index >= 15 is 0 Å². The molecule has 0 saturated carbocycles. The van der Waals surface area contributed by atoms with Gasteiger partial charge >= 0.3 is 0 Å². The van der Waals surface area contributed by atoms with Crippen molar-refractivity contribution in [3.63, 3.8) is 0 Å². The van der Waals surface area contributed by atoms with Gasteiger partial charge in [0.15, 0.2) is 0 Å². The van der Waals surface area contributed by atoms with Gasteiger partial charge in [-0.25, -0.2) is 0 Å². The largest absolute Gasteiger partial charge is 0.488 e. The molecule has 0 saturated heterocycles. The highest BCUT2D eigenvalue weighted by Crippen LogP contribution is 2.22. The predicted molar refractivity (Wildman–Crippen MR) is 57.0 cm³/mol. The van der Waals surface area contributed by atoms with E-state index in [1.54, 1.807) is 6.07 Å². The highest BCUT2D eigenvalue weighted by Gasteiger charge is 2.15. The first-order valence-electron chi connectivity index (χ1n) is 3.86. The zero-order chi connectivity index (χ0) is 10.6. The van der Waals surface area contributed by atoms with Crippen LogP contribution in [0.4, 0.5) is 0 Å². The summed E-state index contributed by atoms with van der Waals surface area (Å²) in [6.07, 6.45) is 1.49. The van der Waals surface area contributed by atoms with Gasteiger partial charge in [0.2, 0.25) is 0 Å². The van der Waals surface area contributed by atoms with E-state index in [1.807, 2.05) is 0 Å². The van der Waals surface area contributed by atoms with Gasteiger partial charge in [-0.2, -0.15) is 8.42 Å². The Kier molecular flexibility index (Phi) is 4.99. The molecule has 0 unspecified atom stereocenters. The molecule has 4 N–H and O–H groups in total. The van der Waals surface area contributed by atoms with Crippen LogP contribution in [0.25, 0.3) is 0 Å². The van der Waals surface area contributed by atoms with Gasteiger partial charge in [0.05, 0.1) is 0 Å². The van der Waals surface area contributed by atoms with Gasteiger partial charge in [0.1, 0.15) is 17.3 Å². The lowest BCUT2D eigenvalue weighted by Gasteiger charge is -2.06. The second-order valence-corrected chi connectivity index (χ2v) is 3.91. The summed E-state index contributed by atoms with van der Waals surface area (Å²) in [5.74, 6) is 0.120. The molecule has 0 bridgehead atoms. The first-order chi connectivity index (χ1) is 6.55. The van der Waals surface area contributed by atoms with Crippen molar-refractivity contribution in [3.05, 3.63) is 36.9 Å². The van der Waals surface area contributed by atoms with Crippen molar-refractivity contribution in [2.24, 2.45) is 0 Å². The van der Waals surface area contributed by atoms with E-state index in [4.69, 9.17) is 9.29 Å². The molecule has 1 aromatic rings. The Morgan fingerprint density at radius 2 is 2.00 bits per heavy atom. The summed E-state index contributed by atoms with van der Waals surface area (Å²) in [5, 5.41) is 0. The topological polar surface area (TPSA) is 98.6 Å². The molecule has 0 spiro atoms. The van der Waals surface area contributed by atoms with Crippen LogP contribution in [0.1, 0.15) is 0 Å². The third-order valence-electron chi connectivity index (χ3n) is 1.48. The standard InChI is InChI=1S/C9H10O4S.H3N/c1-2-7-13-8-5-3-4-6-9(8)14(10,11)12;/h2-6H,1,7H2,(H,10,11,12);1H3. The number of hydrogen-bond donors (Lipinski definition) is 2. The van der Waals surface area contributed by atoms with E-state index < -0.39 is 10.1 Å². The molecule has 1 rings (SSSR count). The highest BCUT2D eigenvalue weighted by atomic mass is 32.2. The van der Waals surface area contributed by atoms with Crippen LogP contribution in [0.2, 0.25) is 0 Å². The molecule has 0 aliphatic heterocycles. The molecular weight excluding hydrogens is 218 g/mol. The van der Waals surface area contributed by atoms with Gasteiger partial charge in [-0.1, -0.05) is 24.8 Å². The number of hydrogen-bond acceptors (Lipinski definition) is 4. The molecule has 6 heteroatoms. The number of ether oxygens (including phenoxy) is 1. The predicted octanol–water partition coefficient (Wildman–Crippen LogP) is 1.66. The van der Waals surface area contributed by atoms with E-state index in [0.717, 1.165) is 0 Å². The lowest BCUT2D eigenvalue weighted by atomic mass is 10.3. The SMILES string of the molecule is C=CCOc1ccccc1S(=O)(=O)O.N. The summed E-state index contributed by atoms with van der Waals surface area (Å²) in [7, 11) is -4.22. The fourth-order valence-corrected chi connectivity index (χ4v) is 1.56. The van der Waals surface area contributed by atoms with Gasteiger partial charge < -0.3 is 10.9 Å². The maximum atomic E-state index is 10.9. The normalized spacial score (nSPS) is 10.2. The van der Waals surface area contributed by atoms with Crippen molar-refractivity contribution >= 4 is 10.1 Å². The average Bonchev–Trinajstić information content (AvgIpc) is 2.14. The Hall–Kier alpha value is -1.37. The summed E-state index contributed by atoms with van der Waals surface area (Å²) in [5.41, 5.74) is 0. The Bertz CT molecular complexity index is 427. The molecule has 0 heterocycles. The first kappa shape index (κ1) is 13.6. The van der Waals surface area contributed by atoms with Gasteiger partial charge in [0.25, 0.3) is 10.1 Å². The van der Waals surface area contributed by atoms with Crippen LogP contribution in [0.5, 0.6) is 5.75 Å². The van der Waals surface area contributed by atoms with E-state index in [9.17, 15) is 8.42 Å². The highest BCUT2D eigenvalue weighted by molar-refractivity contribution is 7.86. The minimum Gasteiger partial charge on any atom is -0.488 e. The monoisotopic (exact) mass is 231 g/mol. The van der Waals surface area contributed by atoms with Gasteiger partial charge in [0, 0.05) is 0 Å². The quantitative estimate of drug-likeness (QED) is 0.606. The molecule has 0 aromatic heterocycles. The lowest BCUT2D eigenvalue weighted by Crippen LogP contribution is -2.03. The van der Waals surface area contributed by atoms with Crippen LogP contribution in [0.3, 0.4) is 0 Å². The third kappa shape index (κ3) is 3.70. The van der Waals surface area contributed by atoms with Crippen LogP contribution in [-0.2, 0) is 10.1 Å². The maximum absolute atomic E-state index is 10.9. The molecule has 0 radical (unpaired) electrons. The molecule has 84 valence electrons. The van der Waals surface area contributed by atoms with Crippen molar-refractivity contribution in [2.45, 2.75) is 4.90 Å². The van der Waals surface area contributed by atoms with Gasteiger partial charge in [-0.05, 0) is 12.1 Å². The van der Waals surface area contributed by atoms with E-state index in [1.165, 1.54) is 24.3 Å². The summed E-state index contributed by atoms with van der Waals surface area (Å²) < 4.78 is 35.6. The zero-order valence-corrected chi connectivity index (χ0v) is 8.90. The minimum atomic E-state index is -4.22. The van der Waals surface area contributed by atoms with Gasteiger partial charge in [-0.3, -0.25) is 4.55 Å². The molecule has 0 aliphatic carbocycles. The molecule has 15 heavy (non-hydrogen) atoms. The smallest absolute Gasteiger partial charge is 0.298 e. The minimum absolute atomic E-state index is 0. The maximum Gasteiger partial charge on any atom is 0.298 e.